The van der Waals surface area contributed by atoms with Gasteiger partial charge in [-0.3, -0.25) is 14.4 Å². The molecule has 0 spiro atoms. The van der Waals surface area contributed by atoms with E-state index in [9.17, 15) is 14.4 Å². The highest BCUT2D eigenvalue weighted by Gasteiger charge is 2.25. The van der Waals surface area contributed by atoms with Crippen LogP contribution in [0, 0.1) is 5.92 Å². The Hall–Kier alpha value is -3.44. The average molecular weight is 441 g/mol. The van der Waals surface area contributed by atoms with Gasteiger partial charge in [0.05, 0.1) is 12.0 Å². The molecule has 0 fully saturated rings. The maximum absolute atomic E-state index is 12.2. The Morgan fingerprint density at radius 3 is 2.77 bits per heavy atom. The molecule has 0 bridgehead atoms. The maximum Gasteiger partial charge on any atom is 0.262 e. The van der Waals surface area contributed by atoms with Crippen LogP contribution in [0.4, 0.5) is 10.3 Å². The average Bonchev–Trinajstić information content (AvgIpc) is 3.48. The molecule has 0 aromatic carbocycles. The number of rotatable bonds is 7. The zero-order chi connectivity index (χ0) is 20.9. The predicted octanol–water partition coefficient (Wildman–Crippen LogP) is 3.15. The molecule has 3 amide bonds. The van der Waals surface area contributed by atoms with Crippen molar-refractivity contribution >= 4 is 56.9 Å². The fourth-order valence-corrected chi connectivity index (χ4v) is 4.06. The van der Waals surface area contributed by atoms with E-state index >= 15 is 0 Å². The number of furan rings is 1. The Balaban J connectivity index is 1.26. The molecule has 3 aromatic heterocycles. The number of nitrogens with zero attached hydrogens (tertiary/aromatic N) is 3. The molecule has 4 heterocycles. The Morgan fingerprint density at radius 1 is 1.13 bits per heavy atom. The molecule has 3 aromatic rings. The van der Waals surface area contributed by atoms with Crippen molar-refractivity contribution in [3.8, 4) is 11.5 Å². The number of carbonyl (C=O) groups is 3. The lowest BCUT2D eigenvalue weighted by Gasteiger charge is -2.09. The van der Waals surface area contributed by atoms with Gasteiger partial charge in [0, 0.05) is 23.4 Å². The molecule has 1 unspecified atom stereocenters. The van der Waals surface area contributed by atoms with E-state index in [0.29, 0.717) is 33.8 Å². The van der Waals surface area contributed by atoms with Gasteiger partial charge < -0.3 is 15.1 Å². The van der Waals surface area contributed by atoms with Crippen LogP contribution >= 0.6 is 22.7 Å². The molecule has 9 nitrogen and oxygen atoms in total. The second-order valence-corrected chi connectivity index (χ2v) is 7.89. The molecule has 0 saturated heterocycles. The van der Waals surface area contributed by atoms with Gasteiger partial charge in [0.1, 0.15) is 11.6 Å². The third-order valence-corrected chi connectivity index (χ3v) is 5.62. The number of allylic oxidation sites excluding steroid dienone is 1. The molecule has 1 aliphatic rings. The summed E-state index contributed by atoms with van der Waals surface area (Å²) in [4.78, 5) is 48.2. The topological polar surface area (TPSA) is 127 Å². The molecule has 0 radical (unpaired) electrons. The lowest BCUT2D eigenvalue weighted by Crippen LogP contribution is -2.28. The number of dihydropyridines is 1. The Bertz CT molecular complexity index is 1130. The summed E-state index contributed by atoms with van der Waals surface area (Å²) in [6.45, 7) is 0. The van der Waals surface area contributed by atoms with Crippen LogP contribution in [0.15, 0.2) is 50.7 Å². The van der Waals surface area contributed by atoms with E-state index in [-0.39, 0.29) is 12.3 Å². The second kappa shape index (κ2) is 8.93. The summed E-state index contributed by atoms with van der Waals surface area (Å²) < 4.78 is 5.28. The third-order valence-electron chi connectivity index (χ3n) is 4.05. The molecular formula is C19H15N5O4S2. The lowest BCUT2D eigenvalue weighted by molar-refractivity contribution is -0.128. The first-order chi connectivity index (χ1) is 14.6. The van der Waals surface area contributed by atoms with Crippen molar-refractivity contribution in [2.45, 2.75) is 12.8 Å². The minimum Gasteiger partial charge on any atom is -0.463 e. The smallest absolute Gasteiger partial charge is 0.262 e. The first-order valence-electron chi connectivity index (χ1n) is 8.88. The van der Waals surface area contributed by atoms with Crippen LogP contribution in [0.1, 0.15) is 12.1 Å². The Morgan fingerprint density at radius 2 is 1.97 bits per heavy atom. The standard InChI is InChI=1S/C19H15N5O4S2/c25-15(23-19-22-13(10-30-19)14-4-2-8-28-14)6-5-11-9-29-18(21-11)24-17(27)12-3-1-7-20-16(12)26/h1-4,7-10,12H,5-6H2,(H,21,24,27)(H,22,23,25). The molecule has 2 N–H and O–H groups in total. The van der Waals surface area contributed by atoms with Gasteiger partial charge in [0.2, 0.25) is 11.8 Å². The number of aryl methyl sites for hydroxylation is 1. The van der Waals surface area contributed by atoms with E-state index < -0.39 is 17.7 Å². The normalized spacial score (nSPS) is 15.3. The van der Waals surface area contributed by atoms with Crippen molar-refractivity contribution in [1.29, 1.82) is 0 Å². The first kappa shape index (κ1) is 19.9. The molecule has 1 atom stereocenters. The SMILES string of the molecule is O=C(CCc1csc(NC(=O)C2C=CC=NC2=O)n1)Nc1nc(-c2ccco2)cs1. The van der Waals surface area contributed by atoms with Crippen LogP contribution in [0.5, 0.6) is 0 Å². The van der Waals surface area contributed by atoms with Crippen LogP contribution in [0.2, 0.25) is 0 Å². The van der Waals surface area contributed by atoms with E-state index in [1.807, 2.05) is 0 Å². The number of aromatic nitrogens is 2. The van der Waals surface area contributed by atoms with E-state index in [2.05, 4.69) is 25.6 Å². The summed E-state index contributed by atoms with van der Waals surface area (Å²) in [6.07, 6.45) is 6.57. The van der Waals surface area contributed by atoms with Crippen molar-refractivity contribution in [2.75, 3.05) is 10.6 Å². The molecule has 4 rings (SSSR count). The summed E-state index contributed by atoms with van der Waals surface area (Å²) in [7, 11) is 0. The van der Waals surface area contributed by atoms with E-state index in [1.165, 1.54) is 35.0 Å². The monoisotopic (exact) mass is 441 g/mol. The molecular weight excluding hydrogens is 426 g/mol. The number of aliphatic imine (C=N–C) groups is 1. The van der Waals surface area contributed by atoms with Crippen LogP contribution in [-0.2, 0) is 20.8 Å². The number of thiazole rings is 2. The van der Waals surface area contributed by atoms with Gasteiger partial charge in [0.25, 0.3) is 5.91 Å². The summed E-state index contributed by atoms with van der Waals surface area (Å²) >= 11 is 2.55. The van der Waals surface area contributed by atoms with Crippen LogP contribution < -0.4 is 10.6 Å². The van der Waals surface area contributed by atoms with E-state index in [0.717, 1.165) is 0 Å². The third kappa shape index (κ3) is 4.75. The van der Waals surface area contributed by atoms with Crippen LogP contribution in [-0.4, -0.2) is 33.9 Å². The number of amides is 3. The molecule has 152 valence electrons. The van der Waals surface area contributed by atoms with E-state index in [4.69, 9.17) is 4.42 Å². The van der Waals surface area contributed by atoms with Crippen molar-refractivity contribution in [3.63, 3.8) is 0 Å². The largest absolute Gasteiger partial charge is 0.463 e. The fraction of sp³-hybridized carbons (Fsp3) is 0.158. The summed E-state index contributed by atoms with van der Waals surface area (Å²) in [6, 6.07) is 3.57. The minimum absolute atomic E-state index is 0.190. The summed E-state index contributed by atoms with van der Waals surface area (Å²) in [5.41, 5.74) is 1.33. The minimum atomic E-state index is -0.947. The van der Waals surface area contributed by atoms with Gasteiger partial charge in [0.15, 0.2) is 16.0 Å². The molecule has 1 aliphatic heterocycles. The van der Waals surface area contributed by atoms with Gasteiger partial charge >= 0.3 is 0 Å². The van der Waals surface area contributed by atoms with Gasteiger partial charge in [-0.1, -0.05) is 6.08 Å². The first-order valence-corrected chi connectivity index (χ1v) is 10.6. The number of carbonyl (C=O) groups excluding carboxylic acids is 3. The van der Waals surface area contributed by atoms with Crippen molar-refractivity contribution in [1.82, 2.24) is 9.97 Å². The van der Waals surface area contributed by atoms with Gasteiger partial charge in [-0.15, -0.1) is 22.7 Å². The second-order valence-electron chi connectivity index (χ2n) is 6.18. The number of nitrogens with one attached hydrogen (secondary N) is 2. The molecule has 0 saturated carbocycles. The van der Waals surface area contributed by atoms with Crippen LogP contribution in [0.25, 0.3) is 11.5 Å². The molecule has 11 heteroatoms. The van der Waals surface area contributed by atoms with Crippen molar-refractivity contribution in [3.05, 3.63) is 47.0 Å². The van der Waals surface area contributed by atoms with Crippen LogP contribution in [0.3, 0.4) is 0 Å². The quantitative estimate of drug-likeness (QED) is 0.542. The Labute approximate surface area is 178 Å². The summed E-state index contributed by atoms with van der Waals surface area (Å²) in [5.74, 6) is -1.49. The zero-order valence-electron chi connectivity index (χ0n) is 15.4. The zero-order valence-corrected chi connectivity index (χ0v) is 17.0. The lowest BCUT2D eigenvalue weighted by atomic mass is 10.1. The summed E-state index contributed by atoms with van der Waals surface area (Å²) in [5, 5.41) is 9.80. The van der Waals surface area contributed by atoms with Gasteiger partial charge in [-0.2, -0.15) is 0 Å². The highest BCUT2D eigenvalue weighted by atomic mass is 32.1. The predicted molar refractivity (Wildman–Crippen MR) is 114 cm³/mol. The fourth-order valence-electron chi connectivity index (χ4n) is 2.59. The maximum atomic E-state index is 12.2. The molecule has 30 heavy (non-hydrogen) atoms. The van der Waals surface area contributed by atoms with E-state index in [1.54, 1.807) is 35.2 Å². The van der Waals surface area contributed by atoms with Gasteiger partial charge in [-0.05, 0) is 24.6 Å². The van der Waals surface area contributed by atoms with Crippen molar-refractivity contribution in [2.24, 2.45) is 10.9 Å². The highest BCUT2D eigenvalue weighted by molar-refractivity contribution is 7.14. The van der Waals surface area contributed by atoms with Crippen molar-refractivity contribution < 1.29 is 18.8 Å². The molecule has 0 aliphatic carbocycles. The Kier molecular flexibility index (Phi) is 5.91. The number of hydrogen-bond donors (Lipinski definition) is 2. The van der Waals surface area contributed by atoms with Gasteiger partial charge in [-0.25, -0.2) is 15.0 Å². The highest BCUT2D eigenvalue weighted by Crippen LogP contribution is 2.25. The number of hydrogen-bond acceptors (Lipinski definition) is 8. The number of anilines is 2.